The summed E-state index contributed by atoms with van der Waals surface area (Å²) in [6.45, 7) is 9.55. The number of nitrogens with zero attached hydrogens (tertiary/aromatic N) is 4. The Morgan fingerprint density at radius 1 is 1.22 bits per heavy atom. The van der Waals surface area contributed by atoms with E-state index in [0.29, 0.717) is 13.1 Å². The number of nitrogens with two attached hydrogens (primary N) is 1. The standard InChI is InChI=1S/C11H19N5O2/c1-11(2,3)16-6-4-15(5-7-16)10(17)8-9(12)14-18-13-8/h4-7H2,1-3H3,(H2,12,14). The molecule has 2 heterocycles. The number of anilines is 1. The van der Waals surface area contributed by atoms with Crippen LogP contribution in [0.1, 0.15) is 31.3 Å². The van der Waals surface area contributed by atoms with Gasteiger partial charge in [-0.25, -0.2) is 4.63 Å². The molecule has 1 aromatic rings. The van der Waals surface area contributed by atoms with Gasteiger partial charge in [0.2, 0.25) is 11.5 Å². The summed E-state index contributed by atoms with van der Waals surface area (Å²) in [4.78, 5) is 16.2. The second-order valence-corrected chi connectivity index (χ2v) is 5.45. The molecule has 1 fully saturated rings. The molecule has 0 aromatic carbocycles. The summed E-state index contributed by atoms with van der Waals surface area (Å²) in [6, 6.07) is 0. The molecule has 100 valence electrons. The third-order valence-electron chi connectivity index (χ3n) is 3.23. The molecule has 0 bridgehead atoms. The highest BCUT2D eigenvalue weighted by Gasteiger charge is 2.30. The Bertz CT molecular complexity index is 429. The highest BCUT2D eigenvalue weighted by atomic mass is 16.6. The van der Waals surface area contributed by atoms with E-state index in [4.69, 9.17) is 5.73 Å². The van der Waals surface area contributed by atoms with Crippen LogP contribution >= 0.6 is 0 Å². The highest BCUT2D eigenvalue weighted by Crippen LogP contribution is 2.17. The maximum atomic E-state index is 12.1. The Balaban J connectivity index is 1.99. The van der Waals surface area contributed by atoms with Crippen molar-refractivity contribution in [2.24, 2.45) is 0 Å². The van der Waals surface area contributed by atoms with E-state index in [0.717, 1.165) is 13.1 Å². The number of rotatable bonds is 1. The average Bonchev–Trinajstić information content (AvgIpc) is 2.73. The van der Waals surface area contributed by atoms with Gasteiger partial charge in [0.15, 0.2) is 0 Å². The predicted molar refractivity (Wildman–Crippen MR) is 65.9 cm³/mol. The molecule has 0 atom stereocenters. The van der Waals surface area contributed by atoms with Crippen molar-refractivity contribution in [2.75, 3.05) is 31.9 Å². The minimum absolute atomic E-state index is 0.0539. The second kappa shape index (κ2) is 4.56. The van der Waals surface area contributed by atoms with Gasteiger partial charge < -0.3 is 10.6 Å². The average molecular weight is 253 g/mol. The van der Waals surface area contributed by atoms with Gasteiger partial charge in [0.1, 0.15) is 0 Å². The topological polar surface area (TPSA) is 88.5 Å². The summed E-state index contributed by atoms with van der Waals surface area (Å²) >= 11 is 0. The Labute approximate surface area is 106 Å². The number of hydrogen-bond acceptors (Lipinski definition) is 6. The van der Waals surface area contributed by atoms with Crippen LogP contribution < -0.4 is 5.73 Å². The number of aromatic nitrogens is 2. The van der Waals surface area contributed by atoms with Crippen LogP contribution in [0.25, 0.3) is 0 Å². The zero-order chi connectivity index (χ0) is 13.3. The quantitative estimate of drug-likeness (QED) is 0.769. The van der Waals surface area contributed by atoms with Crippen LogP contribution in [0.5, 0.6) is 0 Å². The van der Waals surface area contributed by atoms with Crippen LogP contribution in [0.4, 0.5) is 5.82 Å². The summed E-state index contributed by atoms with van der Waals surface area (Å²) in [6.07, 6.45) is 0. The Morgan fingerprint density at radius 3 is 2.28 bits per heavy atom. The lowest BCUT2D eigenvalue weighted by Crippen LogP contribution is -2.54. The summed E-state index contributed by atoms with van der Waals surface area (Å²) < 4.78 is 4.45. The fourth-order valence-corrected chi connectivity index (χ4v) is 2.07. The smallest absolute Gasteiger partial charge is 0.280 e. The van der Waals surface area contributed by atoms with E-state index in [2.05, 4.69) is 40.6 Å². The number of amides is 1. The van der Waals surface area contributed by atoms with Crippen molar-refractivity contribution >= 4 is 11.7 Å². The monoisotopic (exact) mass is 253 g/mol. The van der Waals surface area contributed by atoms with Crippen molar-refractivity contribution in [2.45, 2.75) is 26.3 Å². The van der Waals surface area contributed by atoms with Crippen molar-refractivity contribution in [1.29, 1.82) is 0 Å². The molecule has 1 saturated heterocycles. The Morgan fingerprint density at radius 2 is 1.83 bits per heavy atom. The van der Waals surface area contributed by atoms with E-state index in [1.807, 2.05) is 0 Å². The van der Waals surface area contributed by atoms with E-state index in [1.165, 1.54) is 0 Å². The first kappa shape index (κ1) is 12.8. The van der Waals surface area contributed by atoms with Crippen LogP contribution in [0.2, 0.25) is 0 Å². The maximum Gasteiger partial charge on any atom is 0.280 e. The van der Waals surface area contributed by atoms with Crippen LogP contribution in [-0.4, -0.2) is 57.7 Å². The lowest BCUT2D eigenvalue weighted by Gasteiger charge is -2.42. The minimum atomic E-state index is -0.206. The molecular weight excluding hydrogens is 234 g/mol. The molecule has 7 nitrogen and oxygen atoms in total. The zero-order valence-electron chi connectivity index (χ0n) is 11.0. The molecule has 0 saturated carbocycles. The summed E-state index contributed by atoms with van der Waals surface area (Å²) in [5, 5.41) is 6.96. The third-order valence-corrected chi connectivity index (χ3v) is 3.23. The van der Waals surface area contributed by atoms with Gasteiger partial charge in [0.25, 0.3) is 5.91 Å². The maximum absolute atomic E-state index is 12.1. The van der Waals surface area contributed by atoms with E-state index in [1.54, 1.807) is 4.90 Å². The van der Waals surface area contributed by atoms with Crippen molar-refractivity contribution in [3.05, 3.63) is 5.69 Å². The first-order valence-corrected chi connectivity index (χ1v) is 6.02. The molecule has 18 heavy (non-hydrogen) atoms. The van der Waals surface area contributed by atoms with Gasteiger partial charge in [0.05, 0.1) is 0 Å². The van der Waals surface area contributed by atoms with Gasteiger partial charge in [-0.1, -0.05) is 0 Å². The number of carbonyl (C=O) groups is 1. The molecule has 1 aliphatic rings. The molecule has 0 radical (unpaired) electrons. The summed E-state index contributed by atoms with van der Waals surface area (Å²) in [5.74, 6) is -0.152. The van der Waals surface area contributed by atoms with E-state index in [9.17, 15) is 4.79 Å². The fraction of sp³-hybridized carbons (Fsp3) is 0.727. The van der Waals surface area contributed by atoms with E-state index < -0.39 is 0 Å². The second-order valence-electron chi connectivity index (χ2n) is 5.45. The van der Waals surface area contributed by atoms with Crippen LogP contribution in [0.15, 0.2) is 4.63 Å². The van der Waals surface area contributed by atoms with E-state index >= 15 is 0 Å². The normalized spacial score (nSPS) is 18.1. The van der Waals surface area contributed by atoms with Crippen molar-refractivity contribution in [1.82, 2.24) is 20.1 Å². The minimum Gasteiger partial charge on any atom is -0.379 e. The van der Waals surface area contributed by atoms with Crippen molar-refractivity contribution in [3.8, 4) is 0 Å². The molecular formula is C11H19N5O2. The molecule has 0 spiro atoms. The van der Waals surface area contributed by atoms with Crippen LogP contribution in [0.3, 0.4) is 0 Å². The van der Waals surface area contributed by atoms with Gasteiger partial charge >= 0.3 is 0 Å². The molecule has 1 amide bonds. The van der Waals surface area contributed by atoms with E-state index in [-0.39, 0.29) is 23.0 Å². The first-order valence-electron chi connectivity index (χ1n) is 6.02. The number of piperazine rings is 1. The molecule has 7 heteroatoms. The summed E-state index contributed by atoms with van der Waals surface area (Å²) in [5.41, 5.74) is 5.76. The van der Waals surface area contributed by atoms with Crippen molar-refractivity contribution in [3.63, 3.8) is 0 Å². The SMILES string of the molecule is CC(C)(C)N1CCN(C(=O)c2nonc2N)CC1. The molecule has 2 rings (SSSR count). The van der Waals surface area contributed by atoms with Crippen molar-refractivity contribution < 1.29 is 9.42 Å². The molecule has 0 unspecified atom stereocenters. The largest absolute Gasteiger partial charge is 0.379 e. The Hall–Kier alpha value is -1.63. The highest BCUT2D eigenvalue weighted by molar-refractivity contribution is 5.96. The lowest BCUT2D eigenvalue weighted by atomic mass is 10.0. The van der Waals surface area contributed by atoms with Gasteiger partial charge in [-0.2, -0.15) is 0 Å². The molecule has 1 aromatic heterocycles. The predicted octanol–water partition coefficient (Wildman–Crippen LogP) is 0.208. The van der Waals surface area contributed by atoms with Gasteiger partial charge in [0, 0.05) is 31.7 Å². The van der Waals surface area contributed by atoms with Gasteiger partial charge in [-0.15, -0.1) is 0 Å². The number of hydrogen-bond donors (Lipinski definition) is 1. The Kier molecular flexibility index (Phi) is 3.25. The molecule has 0 aliphatic carbocycles. The third kappa shape index (κ3) is 2.45. The zero-order valence-corrected chi connectivity index (χ0v) is 11.0. The lowest BCUT2D eigenvalue weighted by molar-refractivity contribution is 0.0444. The first-order chi connectivity index (χ1) is 8.39. The molecule has 1 aliphatic heterocycles. The van der Waals surface area contributed by atoms with Crippen LogP contribution in [0, 0.1) is 0 Å². The molecule has 2 N–H and O–H groups in total. The fourth-order valence-electron chi connectivity index (χ4n) is 2.07. The number of carbonyl (C=O) groups excluding carboxylic acids is 1. The van der Waals surface area contributed by atoms with Gasteiger partial charge in [-0.3, -0.25) is 9.69 Å². The van der Waals surface area contributed by atoms with Gasteiger partial charge in [-0.05, 0) is 31.1 Å². The number of nitrogen functional groups attached to an aromatic ring is 1. The van der Waals surface area contributed by atoms with Crippen LogP contribution in [-0.2, 0) is 0 Å². The summed E-state index contributed by atoms with van der Waals surface area (Å²) in [7, 11) is 0.